The van der Waals surface area contributed by atoms with E-state index in [9.17, 15) is 4.79 Å². The minimum absolute atomic E-state index is 0.00189. The Morgan fingerprint density at radius 3 is 2.71 bits per heavy atom. The molecule has 0 amide bonds. The summed E-state index contributed by atoms with van der Waals surface area (Å²) in [5.41, 5.74) is 1.70. The van der Waals surface area contributed by atoms with Crippen LogP contribution < -0.4 is 10.9 Å². The second-order valence-corrected chi connectivity index (χ2v) is 6.10. The molecule has 1 saturated carbocycles. The summed E-state index contributed by atoms with van der Waals surface area (Å²) in [4.78, 5) is 12.1. The molecule has 1 heterocycles. The standard InChI is InChI=1S/C16H18ClN3O/c1-10(2)20-16(21)15(17)14(9-18-20)19-13-8-12(13)11-6-4-3-5-7-11/h3-7,9-10,12-13,19H,8H2,1-2H3. The van der Waals surface area contributed by atoms with Crippen LogP contribution in [0.25, 0.3) is 0 Å². The average molecular weight is 304 g/mol. The highest BCUT2D eigenvalue weighted by Gasteiger charge is 2.38. The molecule has 1 aliphatic carbocycles. The summed E-state index contributed by atoms with van der Waals surface area (Å²) in [7, 11) is 0. The van der Waals surface area contributed by atoms with Crippen LogP contribution in [0.4, 0.5) is 5.69 Å². The van der Waals surface area contributed by atoms with Gasteiger partial charge in [0.2, 0.25) is 0 Å². The van der Waals surface area contributed by atoms with Crippen LogP contribution in [0.2, 0.25) is 5.02 Å². The van der Waals surface area contributed by atoms with Crippen molar-refractivity contribution < 1.29 is 0 Å². The Morgan fingerprint density at radius 1 is 1.33 bits per heavy atom. The molecular formula is C16H18ClN3O. The first-order valence-electron chi connectivity index (χ1n) is 7.16. The van der Waals surface area contributed by atoms with Crippen molar-refractivity contribution in [2.75, 3.05) is 5.32 Å². The van der Waals surface area contributed by atoms with Gasteiger partial charge in [0.05, 0.1) is 17.9 Å². The molecule has 0 spiro atoms. The smallest absolute Gasteiger partial charge is 0.287 e. The number of anilines is 1. The fourth-order valence-electron chi connectivity index (χ4n) is 2.54. The van der Waals surface area contributed by atoms with E-state index in [1.165, 1.54) is 10.2 Å². The number of halogens is 1. The molecule has 1 aromatic heterocycles. The summed E-state index contributed by atoms with van der Waals surface area (Å²) in [5, 5.41) is 7.73. The van der Waals surface area contributed by atoms with Gasteiger partial charge in [0, 0.05) is 12.0 Å². The van der Waals surface area contributed by atoms with Crippen molar-refractivity contribution in [2.45, 2.75) is 38.3 Å². The number of aromatic nitrogens is 2. The lowest BCUT2D eigenvalue weighted by atomic mass is 10.1. The highest BCUT2D eigenvalue weighted by molar-refractivity contribution is 6.32. The van der Waals surface area contributed by atoms with E-state index in [4.69, 9.17) is 11.6 Å². The zero-order chi connectivity index (χ0) is 15.0. The maximum atomic E-state index is 12.1. The van der Waals surface area contributed by atoms with E-state index in [1.54, 1.807) is 6.20 Å². The maximum Gasteiger partial charge on any atom is 0.287 e. The van der Waals surface area contributed by atoms with E-state index in [0.717, 1.165) is 6.42 Å². The van der Waals surface area contributed by atoms with Gasteiger partial charge in [0.25, 0.3) is 5.56 Å². The molecule has 21 heavy (non-hydrogen) atoms. The maximum absolute atomic E-state index is 12.1. The number of nitrogens with one attached hydrogen (secondary N) is 1. The molecule has 1 fully saturated rings. The van der Waals surface area contributed by atoms with Crippen molar-refractivity contribution in [3.63, 3.8) is 0 Å². The molecule has 1 N–H and O–H groups in total. The highest BCUT2D eigenvalue weighted by Crippen LogP contribution is 2.43. The normalized spacial score (nSPS) is 20.6. The van der Waals surface area contributed by atoms with Crippen molar-refractivity contribution in [3.8, 4) is 0 Å². The Kier molecular flexibility index (Phi) is 3.72. The van der Waals surface area contributed by atoms with E-state index >= 15 is 0 Å². The largest absolute Gasteiger partial charge is 0.379 e. The first-order valence-corrected chi connectivity index (χ1v) is 7.54. The second-order valence-electron chi connectivity index (χ2n) is 5.72. The second kappa shape index (κ2) is 5.53. The Morgan fingerprint density at radius 2 is 2.05 bits per heavy atom. The minimum Gasteiger partial charge on any atom is -0.379 e. The average Bonchev–Trinajstić information content (AvgIpc) is 3.24. The van der Waals surface area contributed by atoms with Crippen LogP contribution in [0.3, 0.4) is 0 Å². The fourth-order valence-corrected chi connectivity index (χ4v) is 2.73. The van der Waals surface area contributed by atoms with Gasteiger partial charge in [0.15, 0.2) is 0 Å². The predicted octanol–water partition coefficient (Wildman–Crippen LogP) is 3.45. The molecule has 3 rings (SSSR count). The molecule has 0 bridgehead atoms. The molecule has 2 atom stereocenters. The van der Waals surface area contributed by atoms with Crippen LogP contribution in [-0.4, -0.2) is 15.8 Å². The lowest BCUT2D eigenvalue weighted by Crippen LogP contribution is -2.26. The molecule has 0 radical (unpaired) electrons. The van der Waals surface area contributed by atoms with Gasteiger partial charge in [-0.2, -0.15) is 5.10 Å². The van der Waals surface area contributed by atoms with Crippen molar-refractivity contribution in [3.05, 3.63) is 57.5 Å². The number of nitrogens with zero attached hydrogens (tertiary/aromatic N) is 2. The molecule has 110 valence electrons. The Hall–Kier alpha value is -1.81. The van der Waals surface area contributed by atoms with Crippen molar-refractivity contribution >= 4 is 17.3 Å². The molecule has 5 heteroatoms. The zero-order valence-corrected chi connectivity index (χ0v) is 12.8. The lowest BCUT2D eigenvalue weighted by molar-refractivity contribution is 0.503. The number of hydrogen-bond donors (Lipinski definition) is 1. The van der Waals surface area contributed by atoms with Crippen LogP contribution in [0, 0.1) is 0 Å². The van der Waals surface area contributed by atoms with Crippen molar-refractivity contribution in [1.82, 2.24) is 9.78 Å². The van der Waals surface area contributed by atoms with Gasteiger partial charge in [-0.05, 0) is 25.8 Å². The van der Waals surface area contributed by atoms with Crippen LogP contribution in [0.5, 0.6) is 0 Å². The minimum atomic E-state index is -0.242. The number of benzene rings is 1. The van der Waals surface area contributed by atoms with Gasteiger partial charge < -0.3 is 5.32 Å². The summed E-state index contributed by atoms with van der Waals surface area (Å²) in [6.07, 6.45) is 2.69. The molecule has 0 aliphatic heterocycles. The Labute approximate surface area is 128 Å². The van der Waals surface area contributed by atoms with Gasteiger partial charge in [-0.3, -0.25) is 4.79 Å². The fraction of sp³-hybridized carbons (Fsp3) is 0.375. The third-order valence-corrected chi connectivity index (χ3v) is 4.16. The third kappa shape index (κ3) is 2.81. The Balaban J connectivity index is 1.76. The van der Waals surface area contributed by atoms with E-state index in [1.807, 2.05) is 32.0 Å². The molecule has 0 saturated heterocycles. The zero-order valence-electron chi connectivity index (χ0n) is 12.1. The van der Waals surface area contributed by atoms with E-state index < -0.39 is 0 Å². The van der Waals surface area contributed by atoms with Crippen molar-refractivity contribution in [2.24, 2.45) is 0 Å². The van der Waals surface area contributed by atoms with Gasteiger partial charge in [-0.1, -0.05) is 41.9 Å². The summed E-state index contributed by atoms with van der Waals surface area (Å²) < 4.78 is 1.40. The van der Waals surface area contributed by atoms with Gasteiger partial charge in [-0.15, -0.1) is 0 Å². The summed E-state index contributed by atoms with van der Waals surface area (Å²) in [5.74, 6) is 0.481. The molecule has 1 aliphatic rings. The Bertz CT molecular complexity index is 696. The summed E-state index contributed by atoms with van der Waals surface area (Å²) >= 11 is 6.17. The third-order valence-electron chi connectivity index (χ3n) is 3.79. The predicted molar refractivity (Wildman–Crippen MR) is 85.1 cm³/mol. The topological polar surface area (TPSA) is 46.9 Å². The van der Waals surface area contributed by atoms with Gasteiger partial charge in [0.1, 0.15) is 5.02 Å². The van der Waals surface area contributed by atoms with Crippen LogP contribution in [0.1, 0.15) is 37.8 Å². The molecule has 1 aromatic carbocycles. The first kappa shape index (κ1) is 14.1. The highest BCUT2D eigenvalue weighted by atomic mass is 35.5. The monoisotopic (exact) mass is 303 g/mol. The van der Waals surface area contributed by atoms with Crippen LogP contribution in [0.15, 0.2) is 41.3 Å². The molecular weight excluding hydrogens is 286 g/mol. The summed E-state index contributed by atoms with van der Waals surface area (Å²) in [6, 6.07) is 10.7. The van der Waals surface area contributed by atoms with E-state index in [-0.39, 0.29) is 16.6 Å². The first-order chi connectivity index (χ1) is 10.1. The van der Waals surface area contributed by atoms with E-state index in [2.05, 4.69) is 22.5 Å². The van der Waals surface area contributed by atoms with Crippen molar-refractivity contribution in [1.29, 1.82) is 0 Å². The van der Waals surface area contributed by atoms with Crippen LogP contribution in [-0.2, 0) is 0 Å². The number of hydrogen-bond acceptors (Lipinski definition) is 3. The number of rotatable bonds is 4. The molecule has 4 nitrogen and oxygen atoms in total. The molecule has 2 unspecified atom stereocenters. The SMILES string of the molecule is CC(C)n1ncc(NC2CC2c2ccccc2)c(Cl)c1=O. The van der Waals surface area contributed by atoms with E-state index in [0.29, 0.717) is 17.6 Å². The molecule has 2 aromatic rings. The lowest BCUT2D eigenvalue weighted by Gasteiger charge is -2.12. The van der Waals surface area contributed by atoms with Crippen LogP contribution >= 0.6 is 11.6 Å². The van der Waals surface area contributed by atoms with Gasteiger partial charge >= 0.3 is 0 Å². The summed E-state index contributed by atoms with van der Waals surface area (Å²) in [6.45, 7) is 3.81. The quantitative estimate of drug-likeness (QED) is 0.941. The van der Waals surface area contributed by atoms with Gasteiger partial charge in [-0.25, -0.2) is 4.68 Å².